The van der Waals surface area contributed by atoms with E-state index in [-0.39, 0.29) is 5.92 Å². The number of aliphatic carboxylic acids is 1. The molecule has 104 valence electrons. The molecule has 1 atom stereocenters. The van der Waals surface area contributed by atoms with E-state index in [1.165, 1.54) is 19.2 Å². The first-order valence-electron chi connectivity index (χ1n) is 6.61. The summed E-state index contributed by atoms with van der Waals surface area (Å²) in [6, 6.07) is 1.10. The van der Waals surface area contributed by atoms with Crippen molar-refractivity contribution in [3.05, 3.63) is 12.4 Å². The average Bonchev–Trinajstić information content (AvgIpc) is 3.17. The van der Waals surface area contributed by atoms with Crippen molar-refractivity contribution < 1.29 is 9.90 Å². The van der Waals surface area contributed by atoms with Crippen molar-refractivity contribution in [3.63, 3.8) is 0 Å². The van der Waals surface area contributed by atoms with Gasteiger partial charge in [-0.25, -0.2) is 14.8 Å². The molecule has 2 rings (SSSR count). The molecule has 1 heterocycles. The van der Waals surface area contributed by atoms with E-state index in [2.05, 4.69) is 20.6 Å². The smallest absolute Gasteiger partial charge is 0.326 e. The van der Waals surface area contributed by atoms with E-state index in [1.54, 1.807) is 6.07 Å². The monoisotopic (exact) mass is 264 g/mol. The molecule has 0 radical (unpaired) electrons. The molecule has 1 aliphatic rings. The van der Waals surface area contributed by atoms with Gasteiger partial charge in [-0.2, -0.15) is 0 Å². The highest BCUT2D eigenvalue weighted by molar-refractivity contribution is 5.77. The summed E-state index contributed by atoms with van der Waals surface area (Å²) in [5.74, 6) is 1.14. The Bertz CT molecular complexity index is 446. The van der Waals surface area contributed by atoms with Crippen molar-refractivity contribution in [2.75, 3.05) is 17.2 Å². The van der Waals surface area contributed by atoms with Crippen LogP contribution in [0, 0.1) is 11.8 Å². The lowest BCUT2D eigenvalue weighted by Crippen LogP contribution is -2.34. The zero-order valence-corrected chi connectivity index (χ0v) is 11.3. The third kappa shape index (κ3) is 4.08. The van der Waals surface area contributed by atoms with Crippen LogP contribution in [0.2, 0.25) is 0 Å². The fourth-order valence-electron chi connectivity index (χ4n) is 1.78. The standard InChI is InChI=1S/C13H20N4O2/c1-8(2)12(13(18)19)17-11-5-10(15-7-16-11)14-6-9-3-4-9/h5,7-9,12H,3-4,6H2,1-2H3,(H,18,19)(H2,14,15,16,17)/t12-/m1/s1. The topological polar surface area (TPSA) is 87.1 Å². The lowest BCUT2D eigenvalue weighted by atomic mass is 10.1. The molecule has 0 aromatic carbocycles. The number of hydrogen-bond acceptors (Lipinski definition) is 5. The Morgan fingerprint density at radius 3 is 2.68 bits per heavy atom. The van der Waals surface area contributed by atoms with Crippen molar-refractivity contribution in [1.82, 2.24) is 9.97 Å². The number of nitrogens with one attached hydrogen (secondary N) is 2. The van der Waals surface area contributed by atoms with Crippen LogP contribution in [0.5, 0.6) is 0 Å². The summed E-state index contributed by atoms with van der Waals surface area (Å²) in [4.78, 5) is 19.3. The molecule has 0 unspecified atom stereocenters. The van der Waals surface area contributed by atoms with Crippen molar-refractivity contribution in [2.45, 2.75) is 32.7 Å². The highest BCUT2D eigenvalue weighted by Gasteiger charge is 2.22. The predicted octanol–water partition coefficient (Wildman–Crippen LogP) is 1.82. The Hall–Kier alpha value is -1.85. The van der Waals surface area contributed by atoms with Crippen molar-refractivity contribution >= 4 is 17.6 Å². The van der Waals surface area contributed by atoms with Gasteiger partial charge in [-0.3, -0.25) is 0 Å². The maximum Gasteiger partial charge on any atom is 0.326 e. The summed E-state index contributed by atoms with van der Waals surface area (Å²) in [6.45, 7) is 4.64. The average molecular weight is 264 g/mol. The molecular weight excluding hydrogens is 244 g/mol. The molecule has 0 aliphatic heterocycles. The number of carbonyl (C=O) groups is 1. The van der Waals surface area contributed by atoms with Gasteiger partial charge in [0, 0.05) is 12.6 Å². The van der Waals surface area contributed by atoms with E-state index in [1.807, 2.05) is 13.8 Å². The highest BCUT2D eigenvalue weighted by atomic mass is 16.4. The Morgan fingerprint density at radius 2 is 2.11 bits per heavy atom. The zero-order valence-electron chi connectivity index (χ0n) is 11.3. The van der Waals surface area contributed by atoms with E-state index in [0.717, 1.165) is 18.3 Å². The molecule has 19 heavy (non-hydrogen) atoms. The molecule has 1 fully saturated rings. The van der Waals surface area contributed by atoms with Gasteiger partial charge in [0.15, 0.2) is 0 Å². The highest BCUT2D eigenvalue weighted by Crippen LogP contribution is 2.28. The van der Waals surface area contributed by atoms with Gasteiger partial charge in [0.1, 0.15) is 24.0 Å². The number of carboxylic acids is 1. The van der Waals surface area contributed by atoms with Crippen LogP contribution in [0.4, 0.5) is 11.6 Å². The predicted molar refractivity (Wildman–Crippen MR) is 73.1 cm³/mol. The molecular formula is C13H20N4O2. The lowest BCUT2D eigenvalue weighted by Gasteiger charge is -2.18. The van der Waals surface area contributed by atoms with Crippen LogP contribution >= 0.6 is 0 Å². The quantitative estimate of drug-likeness (QED) is 0.696. The molecule has 0 spiro atoms. The zero-order chi connectivity index (χ0) is 13.8. The number of aromatic nitrogens is 2. The summed E-state index contributed by atoms with van der Waals surface area (Å²) < 4.78 is 0. The SMILES string of the molecule is CC(C)[C@@H](Nc1cc(NCC2CC2)ncn1)C(=O)O. The van der Waals surface area contributed by atoms with Crippen LogP contribution in [0.15, 0.2) is 12.4 Å². The number of carboxylic acid groups (broad SMARTS) is 1. The Balaban J connectivity index is 1.98. The molecule has 0 saturated heterocycles. The van der Waals surface area contributed by atoms with E-state index in [4.69, 9.17) is 5.11 Å². The largest absolute Gasteiger partial charge is 0.480 e. The van der Waals surface area contributed by atoms with Crippen molar-refractivity contribution in [2.24, 2.45) is 11.8 Å². The third-order valence-electron chi connectivity index (χ3n) is 3.17. The van der Waals surface area contributed by atoms with Gasteiger partial charge >= 0.3 is 5.97 Å². The van der Waals surface area contributed by atoms with Gasteiger partial charge in [-0.15, -0.1) is 0 Å². The van der Waals surface area contributed by atoms with E-state index in [9.17, 15) is 4.79 Å². The molecule has 6 nitrogen and oxygen atoms in total. The number of anilines is 2. The van der Waals surface area contributed by atoms with Crippen molar-refractivity contribution in [3.8, 4) is 0 Å². The second-order valence-electron chi connectivity index (χ2n) is 5.32. The van der Waals surface area contributed by atoms with Gasteiger partial charge in [0.2, 0.25) is 0 Å². The van der Waals surface area contributed by atoms with E-state index >= 15 is 0 Å². The van der Waals surface area contributed by atoms with Crippen LogP contribution < -0.4 is 10.6 Å². The van der Waals surface area contributed by atoms with Crippen LogP contribution in [0.25, 0.3) is 0 Å². The summed E-state index contributed by atoms with van der Waals surface area (Å²) in [5, 5.41) is 15.3. The summed E-state index contributed by atoms with van der Waals surface area (Å²) in [6.07, 6.45) is 3.99. The Labute approximate surface area is 112 Å². The van der Waals surface area contributed by atoms with Gasteiger partial charge in [-0.05, 0) is 24.7 Å². The molecule has 3 N–H and O–H groups in total. The minimum Gasteiger partial charge on any atom is -0.480 e. The van der Waals surface area contributed by atoms with Crippen LogP contribution in [0.1, 0.15) is 26.7 Å². The Kier molecular flexibility index (Phi) is 4.19. The lowest BCUT2D eigenvalue weighted by molar-refractivity contribution is -0.138. The molecule has 1 aliphatic carbocycles. The maximum atomic E-state index is 11.1. The molecule has 1 aromatic heterocycles. The maximum absolute atomic E-state index is 11.1. The number of nitrogens with zero attached hydrogens (tertiary/aromatic N) is 2. The van der Waals surface area contributed by atoms with Crippen LogP contribution in [-0.4, -0.2) is 33.6 Å². The second-order valence-corrected chi connectivity index (χ2v) is 5.32. The Morgan fingerprint density at radius 1 is 1.42 bits per heavy atom. The summed E-state index contributed by atoms with van der Waals surface area (Å²) >= 11 is 0. The first-order chi connectivity index (χ1) is 9.06. The van der Waals surface area contributed by atoms with Gasteiger partial charge in [0.25, 0.3) is 0 Å². The van der Waals surface area contributed by atoms with Crippen molar-refractivity contribution in [1.29, 1.82) is 0 Å². The summed E-state index contributed by atoms with van der Waals surface area (Å²) in [5.41, 5.74) is 0. The van der Waals surface area contributed by atoms with E-state index in [0.29, 0.717) is 5.82 Å². The molecule has 1 aromatic rings. The molecule has 0 amide bonds. The van der Waals surface area contributed by atoms with Gasteiger partial charge in [0.05, 0.1) is 0 Å². The third-order valence-corrected chi connectivity index (χ3v) is 3.17. The first kappa shape index (κ1) is 13.6. The minimum atomic E-state index is -0.874. The van der Waals surface area contributed by atoms with Crippen LogP contribution in [0.3, 0.4) is 0 Å². The summed E-state index contributed by atoms with van der Waals surface area (Å²) in [7, 11) is 0. The van der Waals surface area contributed by atoms with Gasteiger partial charge < -0.3 is 15.7 Å². The number of rotatable bonds is 7. The van der Waals surface area contributed by atoms with Crippen LogP contribution in [-0.2, 0) is 4.79 Å². The fraction of sp³-hybridized carbons (Fsp3) is 0.615. The van der Waals surface area contributed by atoms with Gasteiger partial charge in [-0.1, -0.05) is 13.8 Å². The molecule has 0 bridgehead atoms. The normalized spacial score (nSPS) is 16.2. The minimum absolute atomic E-state index is 0.0182. The molecule has 6 heteroatoms. The first-order valence-corrected chi connectivity index (χ1v) is 6.61. The second kappa shape index (κ2) is 5.86. The number of hydrogen-bond donors (Lipinski definition) is 3. The molecule has 1 saturated carbocycles. The van der Waals surface area contributed by atoms with E-state index < -0.39 is 12.0 Å². The fourth-order valence-corrected chi connectivity index (χ4v) is 1.78.